The van der Waals surface area contributed by atoms with Crippen molar-refractivity contribution in [3.8, 4) is 11.5 Å². The molecule has 0 amide bonds. The first kappa shape index (κ1) is 9.16. The van der Waals surface area contributed by atoms with E-state index in [1.807, 2.05) is 55.6 Å². The van der Waals surface area contributed by atoms with E-state index in [4.69, 9.17) is 4.74 Å². The fourth-order valence-electron chi connectivity index (χ4n) is 1.75. The number of hydrogen-bond donors (Lipinski definition) is 0. The molecule has 0 aliphatic carbocycles. The zero-order valence-corrected chi connectivity index (χ0v) is 8.97. The molecule has 1 aliphatic rings. The van der Waals surface area contributed by atoms with E-state index in [1.54, 1.807) is 0 Å². The van der Waals surface area contributed by atoms with Crippen LogP contribution in [0.25, 0.3) is 0 Å². The largest absolute Gasteiger partial charge is 0.454 e. The van der Waals surface area contributed by atoms with Crippen molar-refractivity contribution in [3.63, 3.8) is 0 Å². The van der Waals surface area contributed by atoms with E-state index in [2.05, 4.69) is 4.99 Å². The average Bonchev–Trinajstić information content (AvgIpc) is 2.47. The Balaban J connectivity index is 2.18. The van der Waals surface area contributed by atoms with Crippen LogP contribution in [0, 0.1) is 6.92 Å². The Bertz CT molecular complexity index is 573. The summed E-state index contributed by atoms with van der Waals surface area (Å²) in [7, 11) is 0. The number of aryl methyl sites for hydroxylation is 1. The second-order valence-electron chi connectivity index (χ2n) is 3.87. The third-order valence-corrected chi connectivity index (χ3v) is 2.60. The first-order valence-electron chi connectivity index (χ1n) is 5.24. The highest BCUT2D eigenvalue weighted by Gasteiger charge is 2.10. The van der Waals surface area contributed by atoms with Gasteiger partial charge in [0.25, 0.3) is 0 Å². The lowest BCUT2D eigenvalue weighted by molar-refractivity contribution is 0.484. The highest BCUT2D eigenvalue weighted by Crippen LogP contribution is 2.36. The van der Waals surface area contributed by atoms with Crippen molar-refractivity contribution in [2.24, 2.45) is 4.99 Å². The second kappa shape index (κ2) is 3.49. The summed E-state index contributed by atoms with van der Waals surface area (Å²) in [5.74, 6) is 1.68. The topological polar surface area (TPSA) is 21.6 Å². The molecule has 3 rings (SSSR count). The first-order chi connectivity index (χ1) is 7.83. The van der Waals surface area contributed by atoms with Crippen LogP contribution in [0.15, 0.2) is 47.5 Å². The van der Waals surface area contributed by atoms with Gasteiger partial charge >= 0.3 is 0 Å². The van der Waals surface area contributed by atoms with Gasteiger partial charge in [-0.1, -0.05) is 18.2 Å². The van der Waals surface area contributed by atoms with E-state index >= 15 is 0 Å². The molecule has 1 heterocycles. The van der Waals surface area contributed by atoms with Gasteiger partial charge in [-0.05, 0) is 36.8 Å². The number of aliphatic imine (C=N–C) groups is 1. The third-order valence-electron chi connectivity index (χ3n) is 2.60. The van der Waals surface area contributed by atoms with Crippen molar-refractivity contribution in [3.05, 3.63) is 53.6 Å². The molecule has 0 unspecified atom stereocenters. The van der Waals surface area contributed by atoms with Crippen LogP contribution >= 0.6 is 0 Å². The van der Waals surface area contributed by atoms with Crippen LogP contribution in [0.4, 0.5) is 5.69 Å². The Labute approximate surface area is 94.2 Å². The predicted octanol–water partition coefficient (Wildman–Crippen LogP) is 3.85. The predicted molar refractivity (Wildman–Crippen MR) is 64.9 cm³/mol. The van der Waals surface area contributed by atoms with E-state index in [0.717, 1.165) is 22.7 Å². The number of ether oxygens (including phenoxy) is 1. The Hall–Kier alpha value is -2.09. The van der Waals surface area contributed by atoms with Crippen molar-refractivity contribution in [2.45, 2.75) is 6.92 Å². The molecule has 0 fully saturated rings. The van der Waals surface area contributed by atoms with Gasteiger partial charge in [0.2, 0.25) is 0 Å². The van der Waals surface area contributed by atoms with Gasteiger partial charge in [-0.2, -0.15) is 0 Å². The van der Waals surface area contributed by atoms with Crippen molar-refractivity contribution < 1.29 is 4.74 Å². The Morgan fingerprint density at radius 1 is 1.00 bits per heavy atom. The molecule has 1 aliphatic heterocycles. The molecule has 78 valence electrons. The standard InChI is InChI=1S/C14H11NO/c1-10-6-7-12-14(8-10)16-13-5-3-2-4-11(13)9-15-12/h2-9H,1H3. The average molecular weight is 209 g/mol. The molecule has 0 atom stereocenters. The summed E-state index contributed by atoms with van der Waals surface area (Å²) in [6, 6.07) is 13.9. The van der Waals surface area contributed by atoms with Gasteiger partial charge in [0.1, 0.15) is 11.4 Å². The van der Waals surface area contributed by atoms with Crippen molar-refractivity contribution >= 4 is 11.9 Å². The quantitative estimate of drug-likeness (QED) is 0.551. The van der Waals surface area contributed by atoms with Crippen LogP contribution in [-0.4, -0.2) is 6.21 Å². The maximum absolute atomic E-state index is 5.86. The highest BCUT2D eigenvalue weighted by atomic mass is 16.5. The third kappa shape index (κ3) is 1.48. The van der Waals surface area contributed by atoms with Crippen molar-refractivity contribution in [2.75, 3.05) is 0 Å². The summed E-state index contributed by atoms with van der Waals surface area (Å²) in [5.41, 5.74) is 3.06. The molecule has 2 aromatic rings. The van der Waals surface area contributed by atoms with Gasteiger partial charge in [0.05, 0.1) is 0 Å². The van der Waals surface area contributed by atoms with E-state index in [9.17, 15) is 0 Å². The van der Waals surface area contributed by atoms with Gasteiger partial charge in [-0.15, -0.1) is 0 Å². The van der Waals surface area contributed by atoms with Gasteiger partial charge in [0, 0.05) is 11.8 Å². The smallest absolute Gasteiger partial charge is 0.153 e. The van der Waals surface area contributed by atoms with Crippen LogP contribution in [-0.2, 0) is 0 Å². The second-order valence-corrected chi connectivity index (χ2v) is 3.87. The molecule has 0 spiro atoms. The molecular weight excluding hydrogens is 198 g/mol. The first-order valence-corrected chi connectivity index (χ1v) is 5.24. The lowest BCUT2D eigenvalue weighted by atomic mass is 10.2. The van der Waals surface area contributed by atoms with E-state index < -0.39 is 0 Å². The molecule has 2 nitrogen and oxygen atoms in total. The molecule has 0 radical (unpaired) electrons. The van der Waals surface area contributed by atoms with Gasteiger partial charge in [-0.25, -0.2) is 0 Å². The maximum atomic E-state index is 5.86. The Morgan fingerprint density at radius 3 is 2.81 bits per heavy atom. The number of benzene rings is 2. The zero-order chi connectivity index (χ0) is 11.0. The molecule has 2 aromatic carbocycles. The maximum Gasteiger partial charge on any atom is 0.153 e. The van der Waals surface area contributed by atoms with E-state index in [-0.39, 0.29) is 0 Å². The minimum atomic E-state index is 0.821. The zero-order valence-electron chi connectivity index (χ0n) is 8.97. The molecule has 0 N–H and O–H groups in total. The number of hydrogen-bond acceptors (Lipinski definition) is 2. The lowest BCUT2D eigenvalue weighted by Crippen LogP contribution is -1.87. The molecule has 0 aromatic heterocycles. The van der Waals surface area contributed by atoms with Crippen LogP contribution < -0.4 is 4.74 Å². The van der Waals surface area contributed by atoms with Gasteiger partial charge < -0.3 is 4.74 Å². The van der Waals surface area contributed by atoms with Crippen molar-refractivity contribution in [1.82, 2.24) is 0 Å². The molecule has 0 saturated heterocycles. The SMILES string of the molecule is Cc1ccc2c(c1)Oc1ccccc1C=N2. The Kier molecular flexibility index (Phi) is 2.00. The molecule has 0 saturated carbocycles. The lowest BCUT2D eigenvalue weighted by Gasteiger charge is -2.07. The van der Waals surface area contributed by atoms with Crippen LogP contribution in [0.5, 0.6) is 11.5 Å². The van der Waals surface area contributed by atoms with Crippen molar-refractivity contribution in [1.29, 1.82) is 0 Å². The molecule has 2 heteroatoms. The van der Waals surface area contributed by atoms with Gasteiger partial charge in [-0.3, -0.25) is 4.99 Å². The number of rotatable bonds is 0. The summed E-state index contributed by atoms with van der Waals surface area (Å²) < 4.78 is 5.86. The van der Waals surface area contributed by atoms with E-state index in [1.165, 1.54) is 5.56 Å². The summed E-state index contributed by atoms with van der Waals surface area (Å²) in [5, 5.41) is 0. The summed E-state index contributed by atoms with van der Waals surface area (Å²) in [6.07, 6.45) is 1.84. The summed E-state index contributed by atoms with van der Waals surface area (Å²) >= 11 is 0. The fraction of sp³-hybridized carbons (Fsp3) is 0.0714. The summed E-state index contributed by atoms with van der Waals surface area (Å²) in [4.78, 5) is 4.42. The molecule has 16 heavy (non-hydrogen) atoms. The van der Waals surface area contributed by atoms with Gasteiger partial charge in [0.15, 0.2) is 5.75 Å². The molecule has 0 bridgehead atoms. The number of nitrogens with zero attached hydrogens (tertiary/aromatic N) is 1. The van der Waals surface area contributed by atoms with Crippen LogP contribution in [0.2, 0.25) is 0 Å². The highest BCUT2D eigenvalue weighted by molar-refractivity contribution is 5.87. The van der Waals surface area contributed by atoms with Crippen LogP contribution in [0.1, 0.15) is 11.1 Å². The number of fused-ring (bicyclic) bond motifs is 2. The fourth-order valence-corrected chi connectivity index (χ4v) is 1.75. The summed E-state index contributed by atoms with van der Waals surface area (Å²) in [6.45, 7) is 2.05. The minimum absolute atomic E-state index is 0.821. The Morgan fingerprint density at radius 2 is 1.88 bits per heavy atom. The molecular formula is C14H11NO. The number of para-hydroxylation sites is 1. The van der Waals surface area contributed by atoms with Crippen LogP contribution in [0.3, 0.4) is 0 Å². The van der Waals surface area contributed by atoms with E-state index in [0.29, 0.717) is 0 Å². The monoisotopic (exact) mass is 209 g/mol. The minimum Gasteiger partial charge on any atom is -0.454 e. The normalized spacial score (nSPS) is 12.3.